The van der Waals surface area contributed by atoms with Crippen molar-refractivity contribution in [1.82, 2.24) is 0 Å². The number of nitrogens with two attached hydrogens (primary N) is 2. The largest absolute Gasteiger partial charge is 0.506 e. The van der Waals surface area contributed by atoms with Gasteiger partial charge in [0.2, 0.25) is 0 Å². The van der Waals surface area contributed by atoms with Crippen LogP contribution in [0.4, 0.5) is 11.4 Å². The summed E-state index contributed by atoms with van der Waals surface area (Å²) in [5.74, 6) is 8.96. The Morgan fingerprint density at radius 3 is 1.74 bits per heavy atom. The van der Waals surface area contributed by atoms with Crippen LogP contribution in [-0.4, -0.2) is 10.2 Å². The predicted octanol–water partition coefficient (Wildman–Crippen LogP) is 4.94. The third kappa shape index (κ3) is 3.94. The predicted molar refractivity (Wildman–Crippen MR) is 133 cm³/mol. The van der Waals surface area contributed by atoms with E-state index < -0.39 is 0 Å². The summed E-state index contributed by atoms with van der Waals surface area (Å²) in [5, 5.41) is 21.0. The molecule has 0 unspecified atom stereocenters. The number of hydrogen-bond acceptors (Lipinski definition) is 6. The summed E-state index contributed by atoms with van der Waals surface area (Å²) in [7, 11) is 0. The molecule has 0 heterocycles. The minimum absolute atomic E-state index is 0.107. The van der Waals surface area contributed by atoms with Crippen LogP contribution in [0.3, 0.4) is 0 Å². The Kier molecular flexibility index (Phi) is 5.54. The van der Waals surface area contributed by atoms with Crippen LogP contribution in [0.25, 0.3) is 10.8 Å². The molecule has 164 valence electrons. The van der Waals surface area contributed by atoms with Crippen LogP contribution in [0, 0.1) is 37.0 Å². The quantitative estimate of drug-likeness (QED) is 0.201. The van der Waals surface area contributed by atoms with Crippen molar-refractivity contribution < 1.29 is 19.7 Å². The van der Waals surface area contributed by atoms with Crippen LogP contribution >= 0.6 is 0 Å². The zero-order valence-corrected chi connectivity index (χ0v) is 17.8. The summed E-state index contributed by atoms with van der Waals surface area (Å²) in [4.78, 5) is 0. The molecule has 4 aromatic rings. The molecule has 0 aliphatic rings. The molecule has 34 heavy (non-hydrogen) atoms. The number of nitrogen functional groups attached to an aromatic ring is 2. The van der Waals surface area contributed by atoms with Crippen LogP contribution < -0.4 is 20.9 Å². The molecule has 0 radical (unpaired) electrons. The molecular weight excluding hydrogens is 428 g/mol. The molecule has 0 saturated carbocycles. The van der Waals surface area contributed by atoms with Crippen molar-refractivity contribution in [1.29, 1.82) is 0 Å². The second-order valence-corrected chi connectivity index (χ2v) is 7.27. The number of phenolic OH excluding ortho intramolecular Hbond substituents is 2. The third-order valence-electron chi connectivity index (χ3n) is 5.11. The van der Waals surface area contributed by atoms with Crippen molar-refractivity contribution in [3.8, 4) is 71.5 Å². The molecule has 0 spiro atoms. The van der Waals surface area contributed by atoms with Gasteiger partial charge in [0, 0.05) is 28.5 Å². The first kappa shape index (κ1) is 21.8. The Morgan fingerprint density at radius 2 is 1.21 bits per heavy atom. The summed E-state index contributed by atoms with van der Waals surface area (Å²) in [5.41, 5.74) is 13.0. The van der Waals surface area contributed by atoms with Gasteiger partial charge in [-0.3, -0.25) is 0 Å². The molecule has 6 heteroatoms. The molecule has 4 aromatic carbocycles. The van der Waals surface area contributed by atoms with Gasteiger partial charge in [0.05, 0.1) is 22.5 Å². The van der Waals surface area contributed by atoms with E-state index in [-0.39, 0.29) is 22.9 Å². The van der Waals surface area contributed by atoms with Crippen molar-refractivity contribution in [2.24, 2.45) is 0 Å². The molecule has 0 aromatic heterocycles. The summed E-state index contributed by atoms with van der Waals surface area (Å²) in [6.45, 7) is 0. The Hall–Kier alpha value is -5.38. The van der Waals surface area contributed by atoms with E-state index in [2.05, 4.69) is 17.8 Å². The maximum atomic E-state index is 9.90. The molecule has 0 fully saturated rings. The van der Waals surface area contributed by atoms with Gasteiger partial charge >= 0.3 is 0 Å². The van der Waals surface area contributed by atoms with Crippen LogP contribution in [0.1, 0.15) is 16.7 Å². The van der Waals surface area contributed by atoms with E-state index >= 15 is 0 Å². The molecule has 0 aliphatic heterocycles. The molecule has 0 saturated heterocycles. The average molecular weight is 446 g/mol. The molecule has 0 atom stereocenters. The lowest BCUT2D eigenvalue weighted by Gasteiger charge is -2.15. The molecule has 0 aliphatic carbocycles. The summed E-state index contributed by atoms with van der Waals surface area (Å²) in [6.07, 6.45) is 17.4. The SMILES string of the molecule is C#Cc1c(Oc2ccc(N)c(O)c2)cc2c(C#C)cc(Oc3ccc(N)c(O)c3)cc2c1C#C. The molecule has 6 nitrogen and oxygen atoms in total. The minimum atomic E-state index is -0.127. The number of phenols is 2. The van der Waals surface area contributed by atoms with E-state index in [1.165, 1.54) is 24.3 Å². The second-order valence-electron chi connectivity index (χ2n) is 7.27. The number of aromatic hydroxyl groups is 2. The topological polar surface area (TPSA) is 111 Å². The fourth-order valence-electron chi connectivity index (χ4n) is 3.44. The molecule has 6 N–H and O–H groups in total. The lowest BCUT2D eigenvalue weighted by molar-refractivity contribution is 0.455. The van der Waals surface area contributed by atoms with Gasteiger partial charge in [-0.05, 0) is 42.5 Å². The standard InChI is InChI=1S/C28H18N2O4/c1-4-16-11-19(33-17-7-9-24(29)26(31)13-17)12-23-20(5-2)21(6-3)28(15-22(16)23)34-18-8-10-25(30)27(32)14-18/h1-3,7-15,31-32H,29-30H2. The van der Waals surface area contributed by atoms with Gasteiger partial charge in [-0.15, -0.1) is 19.3 Å². The number of fused-ring (bicyclic) bond motifs is 1. The van der Waals surface area contributed by atoms with E-state index in [9.17, 15) is 10.2 Å². The van der Waals surface area contributed by atoms with E-state index in [1.807, 2.05) is 0 Å². The highest BCUT2D eigenvalue weighted by Crippen LogP contribution is 2.39. The van der Waals surface area contributed by atoms with E-state index in [1.54, 1.807) is 30.3 Å². The van der Waals surface area contributed by atoms with Crippen molar-refractivity contribution in [3.63, 3.8) is 0 Å². The van der Waals surface area contributed by atoms with Gasteiger partial charge < -0.3 is 31.2 Å². The van der Waals surface area contributed by atoms with Crippen molar-refractivity contribution in [2.75, 3.05) is 11.5 Å². The number of terminal acetylenes is 3. The first-order chi connectivity index (χ1) is 16.3. The first-order valence-electron chi connectivity index (χ1n) is 9.92. The third-order valence-corrected chi connectivity index (χ3v) is 5.11. The van der Waals surface area contributed by atoms with Gasteiger partial charge in [-0.25, -0.2) is 0 Å². The Balaban J connectivity index is 1.87. The van der Waals surface area contributed by atoms with Crippen LogP contribution in [-0.2, 0) is 0 Å². The normalized spacial score (nSPS) is 10.1. The lowest BCUT2D eigenvalue weighted by Crippen LogP contribution is -1.97. The minimum Gasteiger partial charge on any atom is -0.506 e. The molecule has 0 bridgehead atoms. The van der Waals surface area contributed by atoms with Crippen molar-refractivity contribution in [2.45, 2.75) is 0 Å². The van der Waals surface area contributed by atoms with Gasteiger partial charge in [0.1, 0.15) is 34.5 Å². The van der Waals surface area contributed by atoms with Gasteiger partial charge in [-0.2, -0.15) is 0 Å². The molecule has 4 rings (SSSR count). The average Bonchev–Trinajstić information content (AvgIpc) is 2.82. The Morgan fingerprint density at radius 1 is 0.618 bits per heavy atom. The highest BCUT2D eigenvalue weighted by Gasteiger charge is 2.17. The number of benzene rings is 4. The van der Waals surface area contributed by atoms with Crippen molar-refractivity contribution in [3.05, 3.63) is 71.3 Å². The maximum Gasteiger partial charge on any atom is 0.144 e. The molecule has 0 amide bonds. The van der Waals surface area contributed by atoms with Gasteiger partial charge in [-0.1, -0.05) is 17.8 Å². The number of ether oxygens (including phenoxy) is 2. The smallest absolute Gasteiger partial charge is 0.144 e. The summed E-state index contributed by atoms with van der Waals surface area (Å²) >= 11 is 0. The first-order valence-corrected chi connectivity index (χ1v) is 9.92. The zero-order chi connectivity index (χ0) is 24.4. The van der Waals surface area contributed by atoms with E-state index in [0.717, 1.165) is 0 Å². The van der Waals surface area contributed by atoms with Crippen LogP contribution in [0.2, 0.25) is 0 Å². The highest BCUT2D eigenvalue weighted by molar-refractivity contribution is 5.97. The van der Waals surface area contributed by atoms with Gasteiger partial charge in [0.15, 0.2) is 0 Å². The van der Waals surface area contributed by atoms with Crippen LogP contribution in [0.5, 0.6) is 34.5 Å². The Labute approximate surface area is 196 Å². The summed E-state index contributed by atoms with van der Waals surface area (Å²) in [6, 6.07) is 14.1. The van der Waals surface area contributed by atoms with E-state index in [4.69, 9.17) is 40.2 Å². The monoisotopic (exact) mass is 446 g/mol. The number of rotatable bonds is 4. The second kappa shape index (κ2) is 8.63. The summed E-state index contributed by atoms with van der Waals surface area (Å²) < 4.78 is 11.8. The van der Waals surface area contributed by atoms with E-state index in [0.29, 0.717) is 50.5 Å². The number of hydrogen-bond donors (Lipinski definition) is 4. The van der Waals surface area contributed by atoms with Crippen LogP contribution in [0.15, 0.2) is 54.6 Å². The zero-order valence-electron chi connectivity index (χ0n) is 17.8. The lowest BCUT2D eigenvalue weighted by atomic mass is 9.95. The fourth-order valence-corrected chi connectivity index (χ4v) is 3.44. The van der Waals surface area contributed by atoms with Gasteiger partial charge in [0.25, 0.3) is 0 Å². The highest BCUT2D eigenvalue weighted by atomic mass is 16.5. The van der Waals surface area contributed by atoms with Crippen molar-refractivity contribution >= 4 is 22.1 Å². The number of anilines is 2. The molecular formula is C28H18N2O4. The fraction of sp³-hybridized carbons (Fsp3) is 0. The Bertz CT molecular complexity index is 1580. The maximum absolute atomic E-state index is 9.90.